The zero-order valence-corrected chi connectivity index (χ0v) is 15.5. The first kappa shape index (κ1) is 17.9. The van der Waals surface area contributed by atoms with Crippen LogP contribution in [0.15, 0.2) is 0 Å². The minimum atomic E-state index is -1.67. The summed E-state index contributed by atoms with van der Waals surface area (Å²) in [5.41, 5.74) is 0.112. The van der Waals surface area contributed by atoms with Crippen LogP contribution in [-0.4, -0.2) is 75.8 Å². The quantitative estimate of drug-likeness (QED) is 0.710. The van der Waals surface area contributed by atoms with Crippen molar-refractivity contribution in [2.45, 2.75) is 50.2 Å². The van der Waals surface area contributed by atoms with Gasteiger partial charge < -0.3 is 14.5 Å². The number of hydrogen-bond acceptors (Lipinski definition) is 5. The van der Waals surface area contributed by atoms with Crippen molar-refractivity contribution in [3.63, 3.8) is 0 Å². The largest absolute Gasteiger partial charge is 0.379 e. The molecule has 1 amide bonds. The molecule has 1 saturated carbocycles. The number of carbonyl (C=O) groups excluding carboxylic acids is 1. The van der Waals surface area contributed by atoms with Gasteiger partial charge in [-0.1, -0.05) is 5.21 Å². The van der Waals surface area contributed by atoms with Gasteiger partial charge in [-0.3, -0.25) is 9.48 Å². The summed E-state index contributed by atoms with van der Waals surface area (Å²) in [5, 5.41) is 8.29. The molecular weight excluding hydrogens is 337 g/mol. The minimum Gasteiger partial charge on any atom is -0.379 e. The van der Waals surface area contributed by atoms with Gasteiger partial charge in [0, 0.05) is 26.1 Å². The first-order valence-corrected chi connectivity index (χ1v) is 9.74. The van der Waals surface area contributed by atoms with Crippen molar-refractivity contribution < 1.29 is 13.9 Å². The average Bonchev–Trinajstić information content (AvgIpc) is 3.26. The van der Waals surface area contributed by atoms with Crippen LogP contribution in [0.2, 0.25) is 0 Å². The van der Waals surface area contributed by atoms with E-state index in [1.807, 2.05) is 7.05 Å². The van der Waals surface area contributed by atoms with Gasteiger partial charge in [0.1, 0.15) is 5.69 Å². The second kappa shape index (κ2) is 7.23. The molecule has 2 aliphatic heterocycles. The summed E-state index contributed by atoms with van der Waals surface area (Å²) in [7, 11) is 1.86. The number of likely N-dealkylation sites (tertiary alicyclic amines) is 1. The Morgan fingerprint density at radius 2 is 2.08 bits per heavy atom. The van der Waals surface area contributed by atoms with Crippen LogP contribution in [0.1, 0.15) is 49.4 Å². The third-order valence-electron chi connectivity index (χ3n) is 6.00. The smallest absolute Gasteiger partial charge is 0.260 e. The normalized spacial score (nSPS) is 25.2. The summed E-state index contributed by atoms with van der Waals surface area (Å²) in [6.45, 7) is 5.26. The van der Waals surface area contributed by atoms with Crippen molar-refractivity contribution >= 4 is 5.91 Å². The Morgan fingerprint density at radius 3 is 2.77 bits per heavy atom. The first-order valence-electron chi connectivity index (χ1n) is 9.74. The monoisotopic (exact) mass is 365 g/mol. The maximum Gasteiger partial charge on any atom is 0.260 e. The molecule has 1 atom stereocenters. The molecule has 1 aromatic heterocycles. The lowest BCUT2D eigenvalue weighted by Gasteiger charge is -2.40. The maximum absolute atomic E-state index is 14.6. The highest BCUT2D eigenvalue weighted by Crippen LogP contribution is 2.39. The van der Waals surface area contributed by atoms with Crippen molar-refractivity contribution in [3.8, 4) is 0 Å². The number of aromatic nitrogens is 3. The van der Waals surface area contributed by atoms with Gasteiger partial charge in [0.25, 0.3) is 5.91 Å². The predicted molar refractivity (Wildman–Crippen MR) is 93.3 cm³/mol. The van der Waals surface area contributed by atoms with Gasteiger partial charge in [0.15, 0.2) is 5.67 Å². The van der Waals surface area contributed by atoms with Crippen LogP contribution in [0.4, 0.5) is 4.39 Å². The molecule has 3 heterocycles. The van der Waals surface area contributed by atoms with Gasteiger partial charge in [0.2, 0.25) is 0 Å². The topological polar surface area (TPSA) is 63.5 Å². The molecule has 4 rings (SSSR count). The number of aryl methyl sites for hydroxylation is 1. The Bertz CT molecular complexity index is 654. The van der Waals surface area contributed by atoms with E-state index in [9.17, 15) is 9.18 Å². The number of alkyl halides is 1. The fraction of sp³-hybridized carbons (Fsp3) is 0.833. The van der Waals surface area contributed by atoms with E-state index < -0.39 is 5.67 Å². The molecule has 0 unspecified atom stereocenters. The Kier molecular flexibility index (Phi) is 4.96. The number of halogens is 1. The second-order valence-electron chi connectivity index (χ2n) is 7.87. The first-order chi connectivity index (χ1) is 12.6. The zero-order chi connectivity index (χ0) is 18.1. The highest BCUT2D eigenvalue weighted by molar-refractivity contribution is 5.86. The van der Waals surface area contributed by atoms with E-state index in [2.05, 4.69) is 15.2 Å². The third kappa shape index (κ3) is 3.36. The van der Waals surface area contributed by atoms with E-state index in [0.717, 1.165) is 37.4 Å². The molecule has 8 heteroatoms. The molecule has 0 radical (unpaired) electrons. The number of rotatable bonds is 6. The molecule has 144 valence electrons. The Balaban J connectivity index is 1.38. The van der Waals surface area contributed by atoms with Crippen molar-refractivity contribution in [1.29, 1.82) is 0 Å². The lowest BCUT2D eigenvalue weighted by atomic mass is 9.80. The fourth-order valence-corrected chi connectivity index (χ4v) is 4.31. The molecule has 1 aromatic rings. The number of carbonyl (C=O) groups is 1. The van der Waals surface area contributed by atoms with Gasteiger partial charge in [-0.15, -0.1) is 5.10 Å². The Labute approximate surface area is 153 Å². The number of nitrogens with zero attached hydrogens (tertiary/aromatic N) is 5. The minimum absolute atomic E-state index is 0.00930. The summed E-state index contributed by atoms with van der Waals surface area (Å²) in [5.74, 6) is -0.396. The fourth-order valence-electron chi connectivity index (χ4n) is 4.31. The van der Waals surface area contributed by atoms with Crippen molar-refractivity contribution in [2.24, 2.45) is 7.05 Å². The number of hydrogen-bond donors (Lipinski definition) is 0. The van der Waals surface area contributed by atoms with Crippen LogP contribution in [0, 0.1) is 0 Å². The molecule has 0 spiro atoms. The van der Waals surface area contributed by atoms with Crippen LogP contribution in [0.25, 0.3) is 0 Å². The molecule has 7 nitrogen and oxygen atoms in total. The summed E-state index contributed by atoms with van der Waals surface area (Å²) in [4.78, 5) is 16.6. The van der Waals surface area contributed by atoms with Crippen molar-refractivity contribution in [1.82, 2.24) is 24.8 Å². The van der Waals surface area contributed by atoms with E-state index in [1.54, 1.807) is 9.58 Å². The van der Waals surface area contributed by atoms with Crippen LogP contribution in [0.5, 0.6) is 0 Å². The van der Waals surface area contributed by atoms with Gasteiger partial charge in [-0.2, -0.15) is 0 Å². The molecule has 3 aliphatic rings. The van der Waals surface area contributed by atoms with Gasteiger partial charge in [-0.25, -0.2) is 4.39 Å². The van der Waals surface area contributed by atoms with Crippen LogP contribution >= 0.6 is 0 Å². The molecule has 0 aromatic carbocycles. The standard InChI is InChI=1S/C18H28FN5O2/c1-22-16-14(13-26-10-9-23-7-2-3-8-23)11-24(12-15(16)20-21-22)17(25)18(19)5-4-6-18/h14H,2-13H2,1H3/t14-/m0/s1. The van der Waals surface area contributed by atoms with Crippen molar-refractivity contribution in [2.75, 3.05) is 39.4 Å². The van der Waals surface area contributed by atoms with Gasteiger partial charge in [0.05, 0.1) is 25.5 Å². The number of amides is 1. The lowest BCUT2D eigenvalue weighted by Crippen LogP contribution is -2.52. The molecule has 26 heavy (non-hydrogen) atoms. The molecular formula is C18H28FN5O2. The third-order valence-corrected chi connectivity index (χ3v) is 6.00. The molecule has 0 bridgehead atoms. The lowest BCUT2D eigenvalue weighted by molar-refractivity contribution is -0.151. The summed E-state index contributed by atoms with van der Waals surface area (Å²) in [6.07, 6.45) is 4.01. The van der Waals surface area contributed by atoms with Gasteiger partial charge in [-0.05, 0) is 45.2 Å². The number of fused-ring (bicyclic) bond motifs is 1. The Hall–Kier alpha value is -1.54. The van der Waals surface area contributed by atoms with Crippen LogP contribution in [-0.2, 0) is 23.1 Å². The van der Waals surface area contributed by atoms with E-state index in [-0.39, 0.29) is 11.8 Å². The van der Waals surface area contributed by atoms with E-state index in [0.29, 0.717) is 39.1 Å². The highest BCUT2D eigenvalue weighted by Gasteiger charge is 2.48. The zero-order valence-electron chi connectivity index (χ0n) is 15.5. The van der Waals surface area contributed by atoms with E-state index >= 15 is 0 Å². The molecule has 0 N–H and O–H groups in total. The Morgan fingerprint density at radius 1 is 1.31 bits per heavy atom. The molecule has 2 fully saturated rings. The highest BCUT2D eigenvalue weighted by atomic mass is 19.1. The van der Waals surface area contributed by atoms with E-state index in [1.165, 1.54) is 12.8 Å². The maximum atomic E-state index is 14.6. The number of ether oxygens (including phenoxy) is 1. The van der Waals surface area contributed by atoms with Crippen molar-refractivity contribution in [3.05, 3.63) is 11.4 Å². The SMILES string of the molecule is Cn1nnc2c1[C@H](COCCN1CCCC1)CN(C(=O)C1(F)CCC1)C2. The van der Waals surface area contributed by atoms with E-state index in [4.69, 9.17) is 4.74 Å². The molecule has 1 aliphatic carbocycles. The summed E-state index contributed by atoms with van der Waals surface area (Å²) in [6, 6.07) is 0. The molecule has 1 saturated heterocycles. The summed E-state index contributed by atoms with van der Waals surface area (Å²) >= 11 is 0. The van der Waals surface area contributed by atoms with Crippen LogP contribution in [0.3, 0.4) is 0 Å². The van der Waals surface area contributed by atoms with Gasteiger partial charge >= 0.3 is 0 Å². The second-order valence-corrected chi connectivity index (χ2v) is 7.87. The average molecular weight is 365 g/mol. The summed E-state index contributed by atoms with van der Waals surface area (Å²) < 4.78 is 22.3. The predicted octanol–water partition coefficient (Wildman–Crippen LogP) is 1.25. The van der Waals surface area contributed by atoms with Crippen LogP contribution < -0.4 is 0 Å².